The van der Waals surface area contributed by atoms with E-state index in [9.17, 15) is 13.2 Å². The lowest BCUT2D eigenvalue weighted by molar-refractivity contribution is -0.124. The van der Waals surface area contributed by atoms with Crippen LogP contribution < -0.4 is 14.8 Å². The van der Waals surface area contributed by atoms with Crippen LogP contribution in [0.15, 0.2) is 59.5 Å². The summed E-state index contributed by atoms with van der Waals surface area (Å²) in [4.78, 5) is 14.5. The summed E-state index contributed by atoms with van der Waals surface area (Å²) in [6, 6.07) is 15.3. The van der Waals surface area contributed by atoms with Gasteiger partial charge in [0, 0.05) is 12.1 Å². The summed E-state index contributed by atoms with van der Waals surface area (Å²) < 4.78 is 33.4. The van der Waals surface area contributed by atoms with E-state index in [1.165, 1.54) is 12.1 Å². The summed E-state index contributed by atoms with van der Waals surface area (Å²) in [5.41, 5.74) is 0.886. The number of nitrogens with zero attached hydrogens (tertiary/aromatic N) is 1. The number of benzene rings is 2. The van der Waals surface area contributed by atoms with Crippen LogP contribution in [0.1, 0.15) is 31.4 Å². The Labute approximate surface area is 178 Å². The Balaban J connectivity index is 1.51. The third kappa shape index (κ3) is 6.29. The van der Waals surface area contributed by atoms with E-state index in [1.54, 1.807) is 19.1 Å². The molecule has 7 nitrogen and oxygen atoms in total. The number of nitrogens with one attached hydrogen (secondary N) is 2. The van der Waals surface area contributed by atoms with Crippen molar-refractivity contribution in [3.63, 3.8) is 0 Å². The van der Waals surface area contributed by atoms with Gasteiger partial charge in [-0.05, 0) is 69.7 Å². The number of amides is 1. The van der Waals surface area contributed by atoms with E-state index in [-0.39, 0.29) is 29.5 Å². The fourth-order valence-electron chi connectivity index (χ4n) is 3.40. The Morgan fingerprint density at radius 2 is 1.73 bits per heavy atom. The molecule has 0 unspecified atom stereocenters. The van der Waals surface area contributed by atoms with Gasteiger partial charge in [-0.3, -0.25) is 4.79 Å². The Hall–Kier alpha value is -2.42. The highest BCUT2D eigenvalue weighted by Crippen LogP contribution is 2.19. The van der Waals surface area contributed by atoms with Crippen molar-refractivity contribution < 1.29 is 17.9 Å². The third-order valence-electron chi connectivity index (χ3n) is 5.22. The second kappa shape index (κ2) is 10.1. The molecular formula is C22H29N3O4S. The zero-order valence-electron chi connectivity index (χ0n) is 17.4. The van der Waals surface area contributed by atoms with Crippen LogP contribution in [0.25, 0.3) is 0 Å². The number of piperidine rings is 1. The third-order valence-corrected chi connectivity index (χ3v) is 6.78. The molecule has 0 saturated carbocycles. The van der Waals surface area contributed by atoms with Crippen LogP contribution in [0.3, 0.4) is 0 Å². The summed E-state index contributed by atoms with van der Waals surface area (Å²) in [5.74, 6) is 0.281. The first-order chi connectivity index (χ1) is 14.3. The van der Waals surface area contributed by atoms with Crippen LogP contribution in [0.2, 0.25) is 0 Å². The first kappa shape index (κ1) is 22.3. The number of ether oxygens (including phenoxy) is 1. The second-order valence-electron chi connectivity index (χ2n) is 7.66. The summed E-state index contributed by atoms with van der Waals surface area (Å²) in [6.07, 6.45) is 1.87. The van der Waals surface area contributed by atoms with Crippen molar-refractivity contribution in [2.24, 2.45) is 0 Å². The van der Waals surface area contributed by atoms with E-state index in [2.05, 4.69) is 22.0 Å². The number of carbonyl (C=O) groups excluding carboxylic acids is 1. The normalized spacial score (nSPS) is 16.7. The van der Waals surface area contributed by atoms with Gasteiger partial charge in [0.1, 0.15) is 5.75 Å². The molecule has 1 heterocycles. The van der Waals surface area contributed by atoms with Crippen molar-refractivity contribution in [2.75, 3.05) is 26.7 Å². The van der Waals surface area contributed by atoms with Crippen molar-refractivity contribution in [2.45, 2.75) is 36.7 Å². The van der Waals surface area contributed by atoms with Crippen LogP contribution in [-0.2, 0) is 14.8 Å². The van der Waals surface area contributed by atoms with Gasteiger partial charge in [-0.2, -0.15) is 0 Å². The van der Waals surface area contributed by atoms with Crippen molar-refractivity contribution >= 4 is 15.9 Å². The molecule has 1 atom stereocenters. The van der Waals surface area contributed by atoms with E-state index in [4.69, 9.17) is 4.74 Å². The molecule has 1 aliphatic rings. The molecule has 1 aliphatic heterocycles. The number of sulfonamides is 1. The maximum absolute atomic E-state index is 12.6. The van der Waals surface area contributed by atoms with Gasteiger partial charge in [0.05, 0.1) is 4.90 Å². The molecule has 0 aliphatic carbocycles. The molecule has 0 spiro atoms. The predicted octanol–water partition coefficient (Wildman–Crippen LogP) is 2.32. The molecule has 1 saturated heterocycles. The van der Waals surface area contributed by atoms with E-state index in [1.807, 2.05) is 30.3 Å². The van der Waals surface area contributed by atoms with Crippen LogP contribution in [-0.4, -0.2) is 52.0 Å². The van der Waals surface area contributed by atoms with Gasteiger partial charge >= 0.3 is 0 Å². The first-order valence-electron chi connectivity index (χ1n) is 10.1. The van der Waals surface area contributed by atoms with Gasteiger partial charge < -0.3 is 15.0 Å². The average Bonchev–Trinajstić information content (AvgIpc) is 2.74. The molecular weight excluding hydrogens is 402 g/mol. The topological polar surface area (TPSA) is 87.7 Å². The molecule has 162 valence electrons. The summed E-state index contributed by atoms with van der Waals surface area (Å²) >= 11 is 0. The lowest BCUT2D eigenvalue weighted by atomic mass is 10.1. The van der Waals surface area contributed by atoms with Gasteiger partial charge in [-0.25, -0.2) is 13.1 Å². The summed E-state index contributed by atoms with van der Waals surface area (Å²) in [5, 5.41) is 2.99. The van der Waals surface area contributed by atoms with Gasteiger partial charge in [0.15, 0.2) is 6.61 Å². The largest absolute Gasteiger partial charge is 0.484 e. The zero-order chi connectivity index (χ0) is 21.6. The molecule has 2 aromatic carbocycles. The zero-order valence-corrected chi connectivity index (χ0v) is 18.2. The minimum Gasteiger partial charge on any atom is -0.484 e. The minimum absolute atomic E-state index is 0.0955. The maximum atomic E-state index is 12.6. The van der Waals surface area contributed by atoms with E-state index >= 15 is 0 Å². The summed E-state index contributed by atoms with van der Waals surface area (Å²) in [7, 11) is -1.60. The van der Waals surface area contributed by atoms with E-state index < -0.39 is 10.0 Å². The van der Waals surface area contributed by atoms with E-state index in [0.717, 1.165) is 31.5 Å². The Kier molecular flexibility index (Phi) is 7.47. The highest BCUT2D eigenvalue weighted by Gasteiger charge is 2.20. The fraction of sp³-hybridized carbons (Fsp3) is 0.409. The quantitative estimate of drug-likeness (QED) is 0.670. The maximum Gasteiger partial charge on any atom is 0.258 e. The molecule has 8 heteroatoms. The number of carbonyl (C=O) groups is 1. The number of rotatable bonds is 8. The van der Waals surface area contributed by atoms with Crippen LogP contribution in [0.4, 0.5) is 0 Å². The highest BCUT2D eigenvalue weighted by atomic mass is 32.2. The molecule has 2 N–H and O–H groups in total. The standard InChI is InChI=1S/C22H29N3O4S/c1-17(18-6-4-3-5-7-18)24-30(27,28)21-10-8-20(9-11-21)29-16-22(26)23-19-12-14-25(2)15-13-19/h3-11,17,19,24H,12-16H2,1-2H3,(H,23,26)/t17-/m1/s1. The van der Waals surface area contributed by atoms with Crippen molar-refractivity contribution in [1.29, 1.82) is 0 Å². The van der Waals surface area contributed by atoms with Crippen LogP contribution in [0.5, 0.6) is 5.75 Å². The van der Waals surface area contributed by atoms with Gasteiger partial charge in [0.25, 0.3) is 5.91 Å². The average molecular weight is 432 g/mol. The van der Waals surface area contributed by atoms with Crippen molar-refractivity contribution in [3.8, 4) is 5.75 Å². The van der Waals surface area contributed by atoms with Gasteiger partial charge in [-0.1, -0.05) is 30.3 Å². The van der Waals surface area contributed by atoms with Gasteiger partial charge in [0.2, 0.25) is 10.0 Å². The van der Waals surface area contributed by atoms with Crippen LogP contribution >= 0.6 is 0 Å². The smallest absolute Gasteiger partial charge is 0.258 e. The molecule has 0 aromatic heterocycles. The minimum atomic E-state index is -3.67. The van der Waals surface area contributed by atoms with Crippen LogP contribution in [0, 0.1) is 0 Å². The number of hydrogen-bond donors (Lipinski definition) is 2. The second-order valence-corrected chi connectivity index (χ2v) is 9.37. The lowest BCUT2D eigenvalue weighted by Gasteiger charge is -2.29. The Bertz CT molecular complexity index is 925. The molecule has 3 rings (SSSR count). The van der Waals surface area contributed by atoms with E-state index in [0.29, 0.717) is 5.75 Å². The Morgan fingerprint density at radius 1 is 1.10 bits per heavy atom. The Morgan fingerprint density at radius 3 is 2.37 bits per heavy atom. The molecule has 30 heavy (non-hydrogen) atoms. The molecule has 2 aromatic rings. The SMILES string of the molecule is C[C@@H](NS(=O)(=O)c1ccc(OCC(=O)NC2CCN(C)CC2)cc1)c1ccccc1. The molecule has 1 fully saturated rings. The van der Waals surface area contributed by atoms with Crippen molar-refractivity contribution in [1.82, 2.24) is 14.9 Å². The number of likely N-dealkylation sites (tertiary alicyclic amines) is 1. The lowest BCUT2D eigenvalue weighted by Crippen LogP contribution is -2.44. The molecule has 1 amide bonds. The predicted molar refractivity (Wildman–Crippen MR) is 116 cm³/mol. The first-order valence-corrected chi connectivity index (χ1v) is 11.6. The summed E-state index contributed by atoms with van der Waals surface area (Å²) in [6.45, 7) is 3.65. The van der Waals surface area contributed by atoms with Crippen molar-refractivity contribution in [3.05, 3.63) is 60.2 Å². The monoisotopic (exact) mass is 431 g/mol. The fourth-order valence-corrected chi connectivity index (χ4v) is 4.63. The molecule has 0 bridgehead atoms. The highest BCUT2D eigenvalue weighted by molar-refractivity contribution is 7.89. The molecule has 0 radical (unpaired) electrons. The van der Waals surface area contributed by atoms with Gasteiger partial charge in [-0.15, -0.1) is 0 Å². The number of hydrogen-bond acceptors (Lipinski definition) is 5.